The summed E-state index contributed by atoms with van der Waals surface area (Å²) in [5.41, 5.74) is 0. The quantitative estimate of drug-likeness (QED) is 0.769. The van der Waals surface area contributed by atoms with E-state index >= 15 is 0 Å². The van der Waals surface area contributed by atoms with Gasteiger partial charge in [0.05, 0.1) is 6.10 Å². The molecule has 0 fully saturated rings. The molecule has 2 aromatic carbocycles. The molecule has 0 spiro atoms. The van der Waals surface area contributed by atoms with E-state index in [1.807, 2.05) is 48.5 Å². The molecule has 0 aliphatic carbocycles. The molecule has 2 rings (SSSR count). The van der Waals surface area contributed by atoms with Gasteiger partial charge in [0.25, 0.3) is 0 Å². The summed E-state index contributed by atoms with van der Waals surface area (Å²) >= 11 is 0. The van der Waals surface area contributed by atoms with Gasteiger partial charge in [-0.05, 0) is 43.7 Å². The lowest BCUT2D eigenvalue weighted by Gasteiger charge is -2.13. The summed E-state index contributed by atoms with van der Waals surface area (Å²) in [5.74, 6) is 2.38. The van der Waals surface area contributed by atoms with Crippen molar-refractivity contribution in [3.05, 3.63) is 54.6 Å². The first-order chi connectivity index (χ1) is 8.78. The van der Waals surface area contributed by atoms with E-state index in [1.54, 1.807) is 0 Å². The van der Waals surface area contributed by atoms with E-state index in [0.717, 1.165) is 23.7 Å². The molecule has 2 heteroatoms. The minimum Gasteiger partial charge on any atom is -0.491 e. The van der Waals surface area contributed by atoms with Gasteiger partial charge in [-0.2, -0.15) is 0 Å². The maximum atomic E-state index is 5.75. The second-order valence-corrected chi connectivity index (χ2v) is 4.15. The Morgan fingerprint density at radius 2 is 1.89 bits per heavy atom. The average Bonchev–Trinajstić information content (AvgIpc) is 2.40. The van der Waals surface area contributed by atoms with Crippen molar-refractivity contribution >= 4 is 0 Å². The van der Waals surface area contributed by atoms with Crippen LogP contribution in [0.2, 0.25) is 0 Å². The first-order valence-corrected chi connectivity index (χ1v) is 6.18. The molecule has 18 heavy (non-hydrogen) atoms. The third-order valence-electron chi connectivity index (χ3n) is 2.63. The van der Waals surface area contributed by atoms with Crippen molar-refractivity contribution in [1.82, 2.24) is 0 Å². The van der Waals surface area contributed by atoms with Crippen molar-refractivity contribution in [2.45, 2.75) is 26.4 Å². The van der Waals surface area contributed by atoms with Crippen LogP contribution in [0.5, 0.6) is 17.2 Å². The van der Waals surface area contributed by atoms with Gasteiger partial charge in [0.2, 0.25) is 0 Å². The van der Waals surface area contributed by atoms with Gasteiger partial charge < -0.3 is 9.47 Å². The van der Waals surface area contributed by atoms with Gasteiger partial charge in [-0.25, -0.2) is 0 Å². The molecule has 1 radical (unpaired) electrons. The molecule has 0 heterocycles. The number of hydrogen-bond donors (Lipinski definition) is 0. The first kappa shape index (κ1) is 12.5. The Bertz CT molecular complexity index is 479. The van der Waals surface area contributed by atoms with E-state index in [4.69, 9.17) is 9.47 Å². The van der Waals surface area contributed by atoms with Crippen molar-refractivity contribution in [3.63, 3.8) is 0 Å². The lowest BCUT2D eigenvalue weighted by Crippen LogP contribution is -2.09. The molecule has 0 aliphatic heterocycles. The van der Waals surface area contributed by atoms with Crippen LogP contribution < -0.4 is 9.47 Å². The zero-order valence-electron chi connectivity index (χ0n) is 10.7. The van der Waals surface area contributed by atoms with Crippen LogP contribution in [0.25, 0.3) is 0 Å². The molecule has 0 aromatic heterocycles. The van der Waals surface area contributed by atoms with E-state index in [2.05, 4.69) is 19.9 Å². The highest BCUT2D eigenvalue weighted by Crippen LogP contribution is 2.25. The Balaban J connectivity index is 2.08. The molecule has 93 valence electrons. The van der Waals surface area contributed by atoms with Gasteiger partial charge in [0.15, 0.2) is 0 Å². The summed E-state index contributed by atoms with van der Waals surface area (Å²) in [6.45, 7) is 4.16. The zero-order valence-corrected chi connectivity index (χ0v) is 10.7. The van der Waals surface area contributed by atoms with Gasteiger partial charge in [-0.1, -0.05) is 25.1 Å². The number of benzene rings is 2. The van der Waals surface area contributed by atoms with E-state index < -0.39 is 0 Å². The number of rotatable bonds is 5. The molecular formula is C16H17O2. The first-order valence-electron chi connectivity index (χ1n) is 6.18. The van der Waals surface area contributed by atoms with E-state index in [9.17, 15) is 0 Å². The van der Waals surface area contributed by atoms with Gasteiger partial charge in [0.1, 0.15) is 17.2 Å². The Kier molecular flexibility index (Phi) is 4.24. The predicted octanol–water partition coefficient (Wildman–Crippen LogP) is 4.46. The Hall–Kier alpha value is -1.96. The van der Waals surface area contributed by atoms with E-state index in [1.165, 1.54) is 0 Å². The second kappa shape index (κ2) is 6.10. The molecule has 0 N–H and O–H groups in total. The highest BCUT2D eigenvalue weighted by atomic mass is 16.5. The van der Waals surface area contributed by atoms with Crippen LogP contribution in [0, 0.1) is 6.07 Å². The smallest absolute Gasteiger partial charge is 0.131 e. The fourth-order valence-electron chi connectivity index (χ4n) is 1.50. The molecule has 0 amide bonds. The molecule has 0 bridgehead atoms. The van der Waals surface area contributed by atoms with Crippen molar-refractivity contribution in [1.29, 1.82) is 0 Å². The van der Waals surface area contributed by atoms with Gasteiger partial charge in [0, 0.05) is 6.07 Å². The van der Waals surface area contributed by atoms with Crippen LogP contribution in [-0.4, -0.2) is 6.10 Å². The second-order valence-electron chi connectivity index (χ2n) is 4.15. The van der Waals surface area contributed by atoms with Crippen molar-refractivity contribution in [2.75, 3.05) is 0 Å². The lowest BCUT2D eigenvalue weighted by molar-refractivity contribution is 0.217. The molecule has 0 saturated carbocycles. The predicted molar refractivity (Wildman–Crippen MR) is 72.2 cm³/mol. The van der Waals surface area contributed by atoms with Crippen molar-refractivity contribution in [3.8, 4) is 17.2 Å². The summed E-state index contributed by atoms with van der Waals surface area (Å²) < 4.78 is 11.5. The minimum atomic E-state index is 0.213. The Morgan fingerprint density at radius 3 is 2.61 bits per heavy atom. The van der Waals surface area contributed by atoms with Crippen LogP contribution in [0.15, 0.2) is 48.5 Å². The molecule has 0 aliphatic rings. The zero-order chi connectivity index (χ0) is 12.8. The molecule has 2 aromatic rings. The van der Waals surface area contributed by atoms with Gasteiger partial charge in [-0.3, -0.25) is 0 Å². The summed E-state index contributed by atoms with van der Waals surface area (Å²) in [7, 11) is 0. The van der Waals surface area contributed by atoms with Crippen LogP contribution in [0.3, 0.4) is 0 Å². The number of hydrogen-bond acceptors (Lipinski definition) is 2. The normalized spacial score (nSPS) is 11.9. The summed E-state index contributed by atoms with van der Waals surface area (Å²) in [5, 5.41) is 0. The maximum absolute atomic E-state index is 5.75. The average molecular weight is 241 g/mol. The number of ether oxygens (including phenoxy) is 2. The fraction of sp³-hybridized carbons (Fsp3) is 0.250. The summed E-state index contributed by atoms with van der Waals surface area (Å²) in [4.78, 5) is 0. The third kappa shape index (κ3) is 3.52. The third-order valence-corrected chi connectivity index (χ3v) is 2.63. The summed E-state index contributed by atoms with van der Waals surface area (Å²) in [6.07, 6.45) is 1.20. The Morgan fingerprint density at radius 1 is 1.11 bits per heavy atom. The molecular weight excluding hydrogens is 224 g/mol. The highest BCUT2D eigenvalue weighted by Gasteiger charge is 2.03. The monoisotopic (exact) mass is 241 g/mol. The topological polar surface area (TPSA) is 18.5 Å². The molecule has 0 saturated heterocycles. The van der Waals surface area contributed by atoms with E-state index in [0.29, 0.717) is 0 Å². The SMILES string of the molecule is CCC(C)Oc1cccc(Oc2c[c]ccc2)c1. The van der Waals surface area contributed by atoms with Crippen LogP contribution in [0.4, 0.5) is 0 Å². The molecule has 2 nitrogen and oxygen atoms in total. The van der Waals surface area contributed by atoms with Crippen LogP contribution in [0.1, 0.15) is 20.3 Å². The van der Waals surface area contributed by atoms with Crippen LogP contribution >= 0.6 is 0 Å². The molecule has 1 unspecified atom stereocenters. The van der Waals surface area contributed by atoms with Gasteiger partial charge >= 0.3 is 0 Å². The van der Waals surface area contributed by atoms with Gasteiger partial charge in [-0.15, -0.1) is 0 Å². The lowest BCUT2D eigenvalue weighted by atomic mass is 10.3. The standard InChI is InChI=1S/C16H17O2/c1-3-13(2)17-15-10-7-11-16(12-15)18-14-8-5-4-6-9-14/h4-5,7-13H,3H2,1-2H3. The maximum Gasteiger partial charge on any atom is 0.131 e. The van der Waals surface area contributed by atoms with Crippen LogP contribution in [-0.2, 0) is 0 Å². The highest BCUT2D eigenvalue weighted by molar-refractivity contribution is 5.36. The minimum absolute atomic E-state index is 0.213. The Labute approximate surface area is 108 Å². The molecule has 1 atom stereocenters. The van der Waals surface area contributed by atoms with Crippen molar-refractivity contribution < 1.29 is 9.47 Å². The summed E-state index contributed by atoms with van der Waals surface area (Å²) in [6, 6.07) is 18.1. The van der Waals surface area contributed by atoms with Crippen molar-refractivity contribution in [2.24, 2.45) is 0 Å². The largest absolute Gasteiger partial charge is 0.491 e. The fourth-order valence-corrected chi connectivity index (χ4v) is 1.50. The van der Waals surface area contributed by atoms with E-state index in [-0.39, 0.29) is 6.10 Å².